The number of nitrogens with two attached hydrogens (primary N) is 1. The van der Waals surface area contributed by atoms with E-state index in [9.17, 15) is 24.3 Å². The molecule has 0 saturated heterocycles. The molecule has 0 aromatic heterocycles. The first kappa shape index (κ1) is 25.8. The van der Waals surface area contributed by atoms with Gasteiger partial charge in [0.2, 0.25) is 17.7 Å². The second-order valence-electron chi connectivity index (χ2n) is 7.94. The SMILES string of the molecule is CCC(C)C(NC(=O)C(NC(=O)C(C)NC(=O)C(N)C(C)C)C(C)C)C(=O)O. The predicted molar refractivity (Wildman–Crippen MR) is 106 cm³/mol. The number of carboxylic acid groups (broad SMARTS) is 1. The number of hydrogen-bond donors (Lipinski definition) is 5. The molecule has 0 aliphatic rings. The van der Waals surface area contributed by atoms with Gasteiger partial charge in [0.05, 0.1) is 6.04 Å². The molecule has 0 aromatic carbocycles. The zero-order valence-electron chi connectivity index (χ0n) is 17.9. The van der Waals surface area contributed by atoms with Crippen molar-refractivity contribution >= 4 is 23.7 Å². The Morgan fingerprint density at radius 2 is 1.29 bits per heavy atom. The van der Waals surface area contributed by atoms with E-state index in [1.807, 2.05) is 6.92 Å². The molecule has 0 rings (SSSR count). The molecule has 28 heavy (non-hydrogen) atoms. The maximum atomic E-state index is 12.6. The summed E-state index contributed by atoms with van der Waals surface area (Å²) in [5.74, 6) is -3.33. The van der Waals surface area contributed by atoms with Gasteiger partial charge in [-0.1, -0.05) is 48.0 Å². The molecule has 9 nitrogen and oxygen atoms in total. The van der Waals surface area contributed by atoms with Crippen molar-refractivity contribution in [3.05, 3.63) is 0 Å². The average Bonchev–Trinajstić information content (AvgIpc) is 2.61. The fourth-order valence-corrected chi connectivity index (χ4v) is 2.42. The highest BCUT2D eigenvalue weighted by molar-refractivity contribution is 5.94. The second-order valence-corrected chi connectivity index (χ2v) is 7.94. The van der Waals surface area contributed by atoms with E-state index in [0.29, 0.717) is 6.42 Å². The van der Waals surface area contributed by atoms with Crippen molar-refractivity contribution in [2.75, 3.05) is 0 Å². The monoisotopic (exact) mass is 400 g/mol. The molecular weight excluding hydrogens is 364 g/mol. The minimum Gasteiger partial charge on any atom is -0.480 e. The van der Waals surface area contributed by atoms with Crippen molar-refractivity contribution in [1.29, 1.82) is 0 Å². The van der Waals surface area contributed by atoms with Gasteiger partial charge in [-0.25, -0.2) is 4.79 Å². The average molecular weight is 401 g/mol. The van der Waals surface area contributed by atoms with Gasteiger partial charge in [0.15, 0.2) is 0 Å². The fraction of sp³-hybridized carbons (Fsp3) is 0.789. The summed E-state index contributed by atoms with van der Waals surface area (Å²) in [7, 11) is 0. The third-order valence-corrected chi connectivity index (χ3v) is 4.80. The van der Waals surface area contributed by atoms with E-state index in [1.54, 1.807) is 34.6 Å². The molecule has 0 fully saturated rings. The largest absolute Gasteiger partial charge is 0.480 e. The van der Waals surface area contributed by atoms with Crippen LogP contribution in [0.3, 0.4) is 0 Å². The molecule has 162 valence electrons. The first-order valence-corrected chi connectivity index (χ1v) is 9.72. The van der Waals surface area contributed by atoms with E-state index in [2.05, 4.69) is 16.0 Å². The lowest BCUT2D eigenvalue weighted by Gasteiger charge is -2.27. The minimum atomic E-state index is -1.13. The Morgan fingerprint density at radius 3 is 1.68 bits per heavy atom. The minimum absolute atomic E-state index is 0.0852. The van der Waals surface area contributed by atoms with Crippen LogP contribution in [0, 0.1) is 17.8 Å². The standard InChI is InChI=1S/C19H36N4O5/c1-8-11(6)15(19(27)28)23-18(26)14(10(4)5)22-16(24)12(7)21-17(25)13(20)9(2)3/h9-15H,8,20H2,1-7H3,(H,21,25)(H,22,24)(H,23,26)(H,27,28). The number of amides is 3. The molecule has 0 spiro atoms. The Kier molecular flexibility index (Phi) is 10.7. The lowest BCUT2D eigenvalue weighted by atomic mass is 9.97. The smallest absolute Gasteiger partial charge is 0.326 e. The van der Waals surface area contributed by atoms with E-state index in [4.69, 9.17) is 5.73 Å². The van der Waals surface area contributed by atoms with Crippen molar-refractivity contribution in [2.24, 2.45) is 23.5 Å². The van der Waals surface area contributed by atoms with E-state index in [1.165, 1.54) is 6.92 Å². The van der Waals surface area contributed by atoms with Crippen molar-refractivity contribution in [3.63, 3.8) is 0 Å². The summed E-state index contributed by atoms with van der Waals surface area (Å²) >= 11 is 0. The number of rotatable bonds is 11. The first-order valence-electron chi connectivity index (χ1n) is 9.72. The Morgan fingerprint density at radius 1 is 0.786 bits per heavy atom. The van der Waals surface area contributed by atoms with Crippen LogP contribution < -0.4 is 21.7 Å². The zero-order chi connectivity index (χ0) is 22.2. The van der Waals surface area contributed by atoms with E-state index >= 15 is 0 Å². The summed E-state index contributed by atoms with van der Waals surface area (Å²) in [6, 6.07) is -3.61. The van der Waals surface area contributed by atoms with Crippen LogP contribution in [0.1, 0.15) is 54.9 Å². The lowest BCUT2D eigenvalue weighted by Crippen LogP contribution is -2.58. The van der Waals surface area contributed by atoms with Crippen LogP contribution >= 0.6 is 0 Å². The van der Waals surface area contributed by atoms with Crippen LogP contribution in [-0.4, -0.2) is 53.0 Å². The number of carboxylic acids is 1. The van der Waals surface area contributed by atoms with Crippen molar-refractivity contribution in [1.82, 2.24) is 16.0 Å². The Bertz CT molecular complexity index is 565. The predicted octanol–water partition coefficient (Wildman–Crippen LogP) is 0.231. The molecule has 6 N–H and O–H groups in total. The second kappa shape index (κ2) is 11.6. The van der Waals surface area contributed by atoms with Gasteiger partial charge in [-0.15, -0.1) is 0 Å². The van der Waals surface area contributed by atoms with Gasteiger partial charge in [0, 0.05) is 0 Å². The number of aliphatic carboxylic acids is 1. The molecule has 0 aliphatic carbocycles. The number of carbonyl (C=O) groups is 4. The fourth-order valence-electron chi connectivity index (χ4n) is 2.42. The van der Waals surface area contributed by atoms with Gasteiger partial charge in [-0.05, 0) is 24.7 Å². The van der Waals surface area contributed by atoms with Crippen molar-refractivity contribution in [3.8, 4) is 0 Å². The van der Waals surface area contributed by atoms with Gasteiger partial charge >= 0.3 is 5.97 Å². The summed E-state index contributed by atoms with van der Waals surface area (Å²) in [6.07, 6.45) is 0.578. The highest BCUT2D eigenvalue weighted by Gasteiger charge is 2.32. The normalized spacial score (nSPS) is 16.6. The maximum absolute atomic E-state index is 12.6. The van der Waals surface area contributed by atoms with Gasteiger partial charge in [-0.2, -0.15) is 0 Å². The highest BCUT2D eigenvalue weighted by Crippen LogP contribution is 2.10. The summed E-state index contributed by atoms with van der Waals surface area (Å²) < 4.78 is 0. The third-order valence-electron chi connectivity index (χ3n) is 4.80. The van der Waals surface area contributed by atoms with Crippen LogP contribution in [0.4, 0.5) is 0 Å². The van der Waals surface area contributed by atoms with Gasteiger partial charge in [0.25, 0.3) is 0 Å². The van der Waals surface area contributed by atoms with Crippen LogP contribution in [0.5, 0.6) is 0 Å². The van der Waals surface area contributed by atoms with Gasteiger partial charge < -0.3 is 26.8 Å². The quantitative estimate of drug-likeness (QED) is 0.335. The van der Waals surface area contributed by atoms with Crippen LogP contribution in [0.25, 0.3) is 0 Å². The van der Waals surface area contributed by atoms with Crippen molar-refractivity contribution in [2.45, 2.75) is 79.1 Å². The number of nitrogens with one attached hydrogen (secondary N) is 3. The lowest BCUT2D eigenvalue weighted by molar-refractivity contribution is -0.144. The number of carbonyl (C=O) groups excluding carboxylic acids is 3. The Hall–Kier alpha value is -2.16. The number of hydrogen-bond acceptors (Lipinski definition) is 5. The molecule has 5 unspecified atom stereocenters. The van der Waals surface area contributed by atoms with E-state index in [0.717, 1.165) is 0 Å². The molecule has 0 heterocycles. The zero-order valence-corrected chi connectivity index (χ0v) is 17.9. The van der Waals surface area contributed by atoms with Gasteiger partial charge in [0.1, 0.15) is 18.1 Å². The van der Waals surface area contributed by atoms with Crippen LogP contribution in [0.2, 0.25) is 0 Å². The molecule has 3 amide bonds. The Labute approximate surface area is 167 Å². The first-order chi connectivity index (χ1) is 12.8. The topological polar surface area (TPSA) is 151 Å². The van der Waals surface area contributed by atoms with Crippen LogP contribution in [0.15, 0.2) is 0 Å². The highest BCUT2D eigenvalue weighted by atomic mass is 16.4. The molecule has 0 radical (unpaired) electrons. The third kappa shape index (κ3) is 7.84. The molecule has 0 aliphatic heterocycles. The van der Waals surface area contributed by atoms with Crippen molar-refractivity contribution < 1.29 is 24.3 Å². The van der Waals surface area contributed by atoms with E-state index < -0.39 is 47.9 Å². The molecule has 9 heteroatoms. The molecule has 0 aromatic rings. The Balaban J connectivity index is 5.09. The summed E-state index contributed by atoms with van der Waals surface area (Å²) in [5.41, 5.74) is 5.77. The molecule has 0 saturated carbocycles. The maximum Gasteiger partial charge on any atom is 0.326 e. The molecule has 5 atom stereocenters. The van der Waals surface area contributed by atoms with Gasteiger partial charge in [-0.3, -0.25) is 14.4 Å². The molecule has 0 bridgehead atoms. The summed E-state index contributed by atoms with van der Waals surface area (Å²) in [6.45, 7) is 12.1. The van der Waals surface area contributed by atoms with Crippen LogP contribution in [-0.2, 0) is 19.2 Å². The summed E-state index contributed by atoms with van der Waals surface area (Å²) in [4.78, 5) is 48.5. The van der Waals surface area contributed by atoms with E-state index in [-0.39, 0.29) is 17.8 Å². The molecular formula is C19H36N4O5. The summed E-state index contributed by atoms with van der Waals surface area (Å²) in [5, 5.41) is 17.0.